The van der Waals surface area contributed by atoms with Crippen LogP contribution in [0.1, 0.15) is 36.6 Å². The van der Waals surface area contributed by atoms with Crippen molar-refractivity contribution in [1.82, 2.24) is 15.3 Å². The van der Waals surface area contributed by atoms with Crippen molar-refractivity contribution in [3.8, 4) is 17.1 Å². The maximum Gasteiger partial charge on any atom is 0.159 e. The van der Waals surface area contributed by atoms with Gasteiger partial charge >= 0.3 is 0 Å². The van der Waals surface area contributed by atoms with Crippen molar-refractivity contribution in [3.63, 3.8) is 0 Å². The number of rotatable bonds is 2. The number of aromatic hydroxyl groups is 1. The zero-order valence-electron chi connectivity index (χ0n) is 11.6. The first-order valence-corrected chi connectivity index (χ1v) is 7.10. The third-order valence-electron chi connectivity index (χ3n) is 3.91. The summed E-state index contributed by atoms with van der Waals surface area (Å²) >= 11 is 0. The second-order valence-electron chi connectivity index (χ2n) is 5.23. The highest BCUT2D eigenvalue weighted by Gasteiger charge is 2.19. The minimum absolute atomic E-state index is 0.263. The molecule has 0 spiro atoms. The number of benzene rings is 1. The van der Waals surface area contributed by atoms with E-state index in [4.69, 9.17) is 4.98 Å². The molecule has 0 aliphatic heterocycles. The van der Waals surface area contributed by atoms with Crippen molar-refractivity contribution in [3.05, 3.63) is 41.7 Å². The van der Waals surface area contributed by atoms with Crippen LogP contribution in [-0.2, 0) is 6.42 Å². The summed E-state index contributed by atoms with van der Waals surface area (Å²) in [4.78, 5) is 9.24. The van der Waals surface area contributed by atoms with Crippen LogP contribution in [-0.4, -0.2) is 22.1 Å². The first kappa shape index (κ1) is 13.1. The number of nitrogens with zero attached hydrogens (tertiary/aromatic N) is 2. The van der Waals surface area contributed by atoms with Gasteiger partial charge in [-0.05, 0) is 50.6 Å². The summed E-state index contributed by atoms with van der Waals surface area (Å²) in [5.41, 5.74) is 3.32. The molecular formula is C16H19N3O. The van der Waals surface area contributed by atoms with Crippen molar-refractivity contribution in [1.29, 1.82) is 0 Å². The molecule has 0 saturated carbocycles. The molecule has 0 amide bonds. The molecule has 1 unspecified atom stereocenters. The zero-order chi connectivity index (χ0) is 13.9. The highest BCUT2D eigenvalue weighted by Crippen LogP contribution is 2.28. The third-order valence-corrected chi connectivity index (χ3v) is 3.91. The molecular weight excluding hydrogens is 250 g/mol. The first-order chi connectivity index (χ1) is 9.78. The fourth-order valence-corrected chi connectivity index (χ4v) is 2.76. The number of phenols is 1. The molecule has 4 heteroatoms. The van der Waals surface area contributed by atoms with Crippen molar-refractivity contribution < 1.29 is 5.11 Å². The third kappa shape index (κ3) is 2.51. The molecule has 1 aliphatic rings. The van der Waals surface area contributed by atoms with Crippen LogP contribution in [0.5, 0.6) is 5.75 Å². The van der Waals surface area contributed by atoms with E-state index in [9.17, 15) is 5.11 Å². The predicted octanol–water partition coefficient (Wildman–Crippen LogP) is 2.84. The molecule has 2 N–H and O–H groups in total. The average molecular weight is 269 g/mol. The molecule has 1 heterocycles. The van der Waals surface area contributed by atoms with Crippen LogP contribution < -0.4 is 5.32 Å². The van der Waals surface area contributed by atoms with Gasteiger partial charge in [0.15, 0.2) is 5.82 Å². The van der Waals surface area contributed by atoms with E-state index >= 15 is 0 Å². The maximum absolute atomic E-state index is 9.35. The highest BCUT2D eigenvalue weighted by molar-refractivity contribution is 5.56. The molecule has 0 radical (unpaired) electrons. The molecule has 0 saturated heterocycles. The van der Waals surface area contributed by atoms with Crippen LogP contribution in [0.25, 0.3) is 11.4 Å². The van der Waals surface area contributed by atoms with Crippen LogP contribution >= 0.6 is 0 Å². The quantitative estimate of drug-likeness (QED) is 0.823. The molecule has 4 nitrogen and oxygen atoms in total. The van der Waals surface area contributed by atoms with Gasteiger partial charge in [-0.2, -0.15) is 0 Å². The predicted molar refractivity (Wildman–Crippen MR) is 78.5 cm³/mol. The lowest BCUT2D eigenvalue weighted by atomic mass is 10.0. The number of phenolic OH excluding ortho intramolecular Hbond substituents is 1. The van der Waals surface area contributed by atoms with Gasteiger partial charge in [0, 0.05) is 29.1 Å². The molecule has 2 aromatic rings. The van der Waals surface area contributed by atoms with Gasteiger partial charge in [-0.15, -0.1) is 0 Å². The molecule has 1 aliphatic carbocycles. The Morgan fingerprint density at radius 2 is 2.00 bits per heavy atom. The number of hydrogen-bond acceptors (Lipinski definition) is 4. The fourth-order valence-electron chi connectivity index (χ4n) is 2.76. The second kappa shape index (κ2) is 5.59. The maximum atomic E-state index is 9.35. The second-order valence-corrected chi connectivity index (χ2v) is 5.23. The molecule has 104 valence electrons. The van der Waals surface area contributed by atoms with E-state index in [1.165, 1.54) is 18.4 Å². The normalized spacial score (nSPS) is 18.4. The summed E-state index contributed by atoms with van der Waals surface area (Å²) in [6.07, 6.45) is 6.51. The van der Waals surface area contributed by atoms with Crippen LogP contribution in [0, 0.1) is 0 Å². The Labute approximate surface area is 118 Å². The van der Waals surface area contributed by atoms with Gasteiger partial charge in [0.2, 0.25) is 0 Å². The molecule has 0 fully saturated rings. The van der Waals surface area contributed by atoms with Gasteiger partial charge in [-0.3, -0.25) is 0 Å². The Morgan fingerprint density at radius 3 is 2.75 bits per heavy atom. The molecule has 1 atom stereocenters. The summed E-state index contributed by atoms with van der Waals surface area (Å²) in [5.74, 6) is 0.999. The van der Waals surface area contributed by atoms with Gasteiger partial charge in [-0.25, -0.2) is 9.97 Å². The molecule has 0 bridgehead atoms. The smallest absolute Gasteiger partial charge is 0.159 e. The van der Waals surface area contributed by atoms with Crippen molar-refractivity contribution >= 4 is 0 Å². The first-order valence-electron chi connectivity index (χ1n) is 7.10. The standard InChI is InChI=1S/C16H19N3O/c1-17-14-4-2-3-5-15-13(14)10-18-16(19-15)11-6-8-12(20)9-7-11/h6-10,14,17,20H,2-5H2,1H3. The van der Waals surface area contributed by atoms with E-state index in [1.807, 2.05) is 25.4 Å². The van der Waals surface area contributed by atoms with Crippen LogP contribution in [0.15, 0.2) is 30.5 Å². The lowest BCUT2D eigenvalue weighted by molar-refractivity contribution is 0.475. The summed E-state index contributed by atoms with van der Waals surface area (Å²) in [6.45, 7) is 0. The Kier molecular flexibility index (Phi) is 3.65. The number of fused-ring (bicyclic) bond motifs is 1. The van der Waals surface area contributed by atoms with E-state index in [1.54, 1.807) is 12.1 Å². The summed E-state index contributed by atoms with van der Waals surface area (Å²) in [7, 11) is 1.99. The largest absolute Gasteiger partial charge is 0.508 e. The van der Waals surface area contributed by atoms with Crippen molar-refractivity contribution in [2.24, 2.45) is 0 Å². The monoisotopic (exact) mass is 269 g/mol. The SMILES string of the molecule is CNC1CCCCc2nc(-c3ccc(O)cc3)ncc21. The Bertz CT molecular complexity index is 595. The van der Waals surface area contributed by atoms with Crippen molar-refractivity contribution in [2.75, 3.05) is 7.05 Å². The molecule has 20 heavy (non-hydrogen) atoms. The van der Waals surface area contributed by atoms with Gasteiger partial charge in [0.05, 0.1) is 0 Å². The Hall–Kier alpha value is -1.94. The number of aryl methyl sites for hydroxylation is 1. The summed E-state index contributed by atoms with van der Waals surface area (Å²) in [5, 5.41) is 12.7. The van der Waals surface area contributed by atoms with Crippen LogP contribution in [0.4, 0.5) is 0 Å². The minimum Gasteiger partial charge on any atom is -0.508 e. The highest BCUT2D eigenvalue weighted by atomic mass is 16.3. The van der Waals surface area contributed by atoms with Crippen LogP contribution in [0.2, 0.25) is 0 Å². The number of nitrogens with one attached hydrogen (secondary N) is 1. The van der Waals surface area contributed by atoms with Gasteiger partial charge in [-0.1, -0.05) is 6.42 Å². The van der Waals surface area contributed by atoms with E-state index < -0.39 is 0 Å². The number of aromatic nitrogens is 2. The lowest BCUT2D eigenvalue weighted by Crippen LogP contribution is -2.17. The number of hydrogen-bond donors (Lipinski definition) is 2. The van der Waals surface area contributed by atoms with E-state index in [-0.39, 0.29) is 5.75 Å². The topological polar surface area (TPSA) is 58.0 Å². The van der Waals surface area contributed by atoms with Gasteiger partial charge in [0.25, 0.3) is 0 Å². The van der Waals surface area contributed by atoms with Gasteiger partial charge < -0.3 is 10.4 Å². The van der Waals surface area contributed by atoms with E-state index in [0.29, 0.717) is 6.04 Å². The molecule has 1 aromatic carbocycles. The zero-order valence-corrected chi connectivity index (χ0v) is 11.6. The van der Waals surface area contributed by atoms with E-state index in [0.717, 1.165) is 29.9 Å². The van der Waals surface area contributed by atoms with Crippen molar-refractivity contribution in [2.45, 2.75) is 31.7 Å². The van der Waals surface area contributed by atoms with Crippen LogP contribution in [0.3, 0.4) is 0 Å². The molecule has 3 rings (SSSR count). The lowest BCUT2D eigenvalue weighted by Gasteiger charge is -2.16. The average Bonchev–Trinajstić information content (AvgIpc) is 2.69. The molecule has 1 aromatic heterocycles. The fraction of sp³-hybridized carbons (Fsp3) is 0.375. The Balaban J connectivity index is 1.99. The van der Waals surface area contributed by atoms with E-state index in [2.05, 4.69) is 10.3 Å². The summed E-state index contributed by atoms with van der Waals surface area (Å²) in [6, 6.07) is 7.40. The Morgan fingerprint density at radius 1 is 1.20 bits per heavy atom. The van der Waals surface area contributed by atoms with Gasteiger partial charge in [0.1, 0.15) is 5.75 Å². The summed E-state index contributed by atoms with van der Waals surface area (Å²) < 4.78 is 0. The minimum atomic E-state index is 0.263.